The Kier molecular flexibility index (Phi) is 6.74. The van der Waals surface area contributed by atoms with E-state index in [4.69, 9.17) is 4.74 Å². The fourth-order valence-corrected chi connectivity index (χ4v) is 4.29. The highest BCUT2D eigenvalue weighted by molar-refractivity contribution is 9.13. The number of ether oxygens (including phenoxy) is 1. The van der Waals surface area contributed by atoms with E-state index in [1.54, 1.807) is 11.3 Å². The first-order chi connectivity index (χ1) is 10.2. The van der Waals surface area contributed by atoms with Gasteiger partial charge in [0.15, 0.2) is 0 Å². The normalized spacial score (nSPS) is 12.4. The van der Waals surface area contributed by atoms with E-state index >= 15 is 0 Å². The molecule has 2 aromatic rings. The van der Waals surface area contributed by atoms with Crippen molar-refractivity contribution in [1.29, 1.82) is 0 Å². The lowest BCUT2D eigenvalue weighted by Gasteiger charge is -2.18. The highest BCUT2D eigenvalue weighted by atomic mass is 79.9. The Balaban J connectivity index is 2.26. The quantitative estimate of drug-likeness (QED) is 0.600. The average Bonchev–Trinajstić information content (AvgIpc) is 2.81. The number of halogens is 2. The van der Waals surface area contributed by atoms with Gasteiger partial charge in [0, 0.05) is 9.35 Å². The van der Waals surface area contributed by atoms with Crippen LogP contribution in [0.3, 0.4) is 0 Å². The topological polar surface area (TPSA) is 21.3 Å². The van der Waals surface area contributed by atoms with Crippen LogP contribution in [0.1, 0.15) is 36.8 Å². The van der Waals surface area contributed by atoms with Crippen LogP contribution in [0, 0.1) is 0 Å². The summed E-state index contributed by atoms with van der Waals surface area (Å²) in [4.78, 5) is 1.30. The molecule has 2 nitrogen and oxygen atoms in total. The summed E-state index contributed by atoms with van der Waals surface area (Å²) in [5.41, 5.74) is 1.26. The van der Waals surface area contributed by atoms with Crippen molar-refractivity contribution >= 4 is 43.2 Å². The molecule has 0 aliphatic rings. The third-order valence-electron chi connectivity index (χ3n) is 3.07. The number of hydrogen-bond acceptors (Lipinski definition) is 3. The second-order valence-corrected chi connectivity index (χ2v) is 7.92. The molecule has 0 aliphatic carbocycles. The van der Waals surface area contributed by atoms with Crippen molar-refractivity contribution in [1.82, 2.24) is 5.32 Å². The maximum atomic E-state index is 5.52. The van der Waals surface area contributed by atoms with Crippen molar-refractivity contribution < 1.29 is 4.74 Å². The predicted octanol–water partition coefficient (Wildman–Crippen LogP) is 5.76. The van der Waals surface area contributed by atoms with E-state index in [2.05, 4.69) is 62.3 Å². The molecule has 1 unspecified atom stereocenters. The average molecular weight is 433 g/mol. The van der Waals surface area contributed by atoms with Crippen LogP contribution < -0.4 is 10.1 Å². The van der Waals surface area contributed by atoms with Gasteiger partial charge in [0.25, 0.3) is 0 Å². The van der Waals surface area contributed by atoms with E-state index in [9.17, 15) is 0 Å². The van der Waals surface area contributed by atoms with E-state index in [0.29, 0.717) is 6.61 Å². The van der Waals surface area contributed by atoms with E-state index in [-0.39, 0.29) is 6.04 Å². The van der Waals surface area contributed by atoms with Crippen molar-refractivity contribution in [2.24, 2.45) is 0 Å². The summed E-state index contributed by atoms with van der Waals surface area (Å²) in [7, 11) is 0. The zero-order valence-corrected chi connectivity index (χ0v) is 16.1. The summed E-state index contributed by atoms with van der Waals surface area (Å²) < 4.78 is 7.76. The lowest BCUT2D eigenvalue weighted by molar-refractivity contribution is 0.340. The van der Waals surface area contributed by atoms with Crippen LogP contribution in [0.4, 0.5) is 0 Å². The fourth-order valence-electron chi connectivity index (χ4n) is 2.10. The molecule has 1 atom stereocenters. The zero-order chi connectivity index (χ0) is 15.2. The summed E-state index contributed by atoms with van der Waals surface area (Å²) in [5, 5.41) is 3.62. The lowest BCUT2D eigenvalue weighted by Crippen LogP contribution is -2.22. The van der Waals surface area contributed by atoms with Crippen LogP contribution in [-0.2, 0) is 0 Å². The monoisotopic (exact) mass is 431 g/mol. The van der Waals surface area contributed by atoms with Gasteiger partial charge in [-0.1, -0.05) is 19.1 Å². The highest BCUT2D eigenvalue weighted by Gasteiger charge is 2.17. The number of rotatable bonds is 7. The summed E-state index contributed by atoms with van der Waals surface area (Å²) in [5.74, 6) is 0.920. The van der Waals surface area contributed by atoms with E-state index in [1.165, 1.54) is 10.4 Å². The minimum absolute atomic E-state index is 0.216. The minimum atomic E-state index is 0.216. The number of thiophene rings is 1. The van der Waals surface area contributed by atoms with E-state index < -0.39 is 0 Å². The van der Waals surface area contributed by atoms with Gasteiger partial charge in [0.05, 0.1) is 16.4 Å². The van der Waals surface area contributed by atoms with E-state index in [1.807, 2.05) is 19.1 Å². The molecule has 1 aromatic carbocycles. The second-order valence-electron chi connectivity index (χ2n) is 4.66. The molecule has 0 amide bonds. The Morgan fingerprint density at radius 2 is 1.90 bits per heavy atom. The smallest absolute Gasteiger partial charge is 0.119 e. The number of benzene rings is 1. The molecule has 0 saturated carbocycles. The second kappa shape index (κ2) is 8.32. The van der Waals surface area contributed by atoms with Gasteiger partial charge in [0.2, 0.25) is 0 Å². The Morgan fingerprint density at radius 3 is 2.43 bits per heavy atom. The molecule has 21 heavy (non-hydrogen) atoms. The Labute approximate surface area is 147 Å². The fraction of sp³-hybridized carbons (Fsp3) is 0.375. The Hall–Kier alpha value is -0.360. The molecular formula is C16H19Br2NOS. The van der Waals surface area contributed by atoms with Gasteiger partial charge < -0.3 is 10.1 Å². The van der Waals surface area contributed by atoms with Crippen LogP contribution in [0.5, 0.6) is 5.75 Å². The molecule has 1 aromatic heterocycles. The zero-order valence-electron chi connectivity index (χ0n) is 12.2. The van der Waals surface area contributed by atoms with Crippen molar-refractivity contribution in [3.63, 3.8) is 0 Å². The molecule has 114 valence electrons. The van der Waals surface area contributed by atoms with Crippen LogP contribution in [0.25, 0.3) is 0 Å². The molecule has 0 radical (unpaired) electrons. The van der Waals surface area contributed by atoms with Crippen LogP contribution in [0.2, 0.25) is 0 Å². The Bertz CT molecular complexity index is 549. The molecule has 0 spiro atoms. The van der Waals surface area contributed by atoms with Crippen molar-refractivity contribution in [2.45, 2.75) is 26.3 Å². The first kappa shape index (κ1) is 17.0. The van der Waals surface area contributed by atoms with Crippen LogP contribution >= 0.6 is 43.2 Å². The van der Waals surface area contributed by atoms with Gasteiger partial charge in [-0.05, 0) is 75.5 Å². The van der Waals surface area contributed by atoms with Gasteiger partial charge >= 0.3 is 0 Å². The molecule has 0 fully saturated rings. The minimum Gasteiger partial charge on any atom is -0.494 e. The van der Waals surface area contributed by atoms with Crippen LogP contribution in [-0.4, -0.2) is 13.2 Å². The third kappa shape index (κ3) is 4.55. The molecule has 2 rings (SSSR count). The molecule has 0 saturated heterocycles. The first-order valence-electron chi connectivity index (χ1n) is 7.06. The van der Waals surface area contributed by atoms with Gasteiger partial charge in [0.1, 0.15) is 5.75 Å². The Morgan fingerprint density at radius 1 is 1.19 bits per heavy atom. The van der Waals surface area contributed by atoms with Crippen molar-refractivity contribution in [3.8, 4) is 5.75 Å². The van der Waals surface area contributed by atoms with Gasteiger partial charge in [-0.15, -0.1) is 11.3 Å². The van der Waals surface area contributed by atoms with Crippen molar-refractivity contribution in [2.75, 3.05) is 13.2 Å². The van der Waals surface area contributed by atoms with Crippen molar-refractivity contribution in [3.05, 3.63) is 49.0 Å². The number of nitrogens with one attached hydrogen (secondary N) is 1. The third-order valence-corrected chi connectivity index (χ3v) is 6.39. The molecule has 1 N–H and O–H groups in total. The lowest BCUT2D eigenvalue weighted by atomic mass is 10.1. The number of hydrogen-bond donors (Lipinski definition) is 1. The maximum Gasteiger partial charge on any atom is 0.119 e. The first-order valence-corrected chi connectivity index (χ1v) is 9.46. The van der Waals surface area contributed by atoms with Gasteiger partial charge in [-0.2, -0.15) is 0 Å². The largest absolute Gasteiger partial charge is 0.494 e. The summed E-state index contributed by atoms with van der Waals surface area (Å²) in [6.45, 7) is 5.87. The van der Waals surface area contributed by atoms with E-state index in [0.717, 1.165) is 27.0 Å². The summed E-state index contributed by atoms with van der Waals surface area (Å²) in [6, 6.07) is 10.8. The van der Waals surface area contributed by atoms with Gasteiger partial charge in [-0.3, -0.25) is 0 Å². The highest BCUT2D eigenvalue weighted by Crippen LogP contribution is 2.37. The van der Waals surface area contributed by atoms with Crippen LogP contribution in [0.15, 0.2) is 38.6 Å². The van der Waals surface area contributed by atoms with Gasteiger partial charge in [-0.25, -0.2) is 0 Å². The standard InChI is InChI=1S/C16H19Br2NOS/c1-3-9-19-15(14-10-13(17)16(18)21-14)11-5-7-12(8-6-11)20-4-2/h5-8,10,15,19H,3-4,9H2,1-2H3. The predicted molar refractivity (Wildman–Crippen MR) is 97.5 cm³/mol. The summed E-state index contributed by atoms with van der Waals surface area (Å²) in [6.07, 6.45) is 1.11. The molecule has 1 heterocycles. The molecule has 5 heteroatoms. The molecular weight excluding hydrogens is 414 g/mol. The SMILES string of the molecule is CCCNC(c1ccc(OCC)cc1)c1cc(Br)c(Br)s1. The molecule has 0 aliphatic heterocycles. The maximum absolute atomic E-state index is 5.52. The summed E-state index contributed by atoms with van der Waals surface area (Å²) >= 11 is 8.91. The molecule has 0 bridgehead atoms.